The summed E-state index contributed by atoms with van der Waals surface area (Å²) in [5, 5.41) is 36.0. The van der Waals surface area contributed by atoms with Crippen molar-refractivity contribution in [3.8, 4) is 0 Å². The highest BCUT2D eigenvalue weighted by Crippen LogP contribution is 2.21. The van der Waals surface area contributed by atoms with Gasteiger partial charge >= 0.3 is 13.1 Å². The van der Waals surface area contributed by atoms with Crippen molar-refractivity contribution >= 4 is 13.1 Å². The van der Waals surface area contributed by atoms with E-state index in [1.54, 1.807) is 0 Å². The number of aliphatic hydroxyl groups is 1. The predicted molar refractivity (Wildman–Crippen MR) is 79.7 cm³/mol. The van der Waals surface area contributed by atoms with Gasteiger partial charge in [-0.15, -0.1) is 0 Å². The van der Waals surface area contributed by atoms with Crippen molar-refractivity contribution in [2.24, 2.45) is 11.7 Å². The highest BCUT2D eigenvalue weighted by atomic mass is 16.4. The Morgan fingerprint density at radius 1 is 1.33 bits per heavy atom. The fraction of sp³-hybridized carbons (Fsp3) is 0.923. The molecule has 0 aromatic carbocycles. The standard InChI is InChI=1S/C13H27BN2O5/c15-13(12(18)19,4-1-2-6-14(20)21)5-8-16-7-3-11(9-16)10-17/h11,17,20-21H,1-10,15H2,(H,18,19)/t11-,13?/m1/s1. The molecule has 1 heterocycles. The summed E-state index contributed by atoms with van der Waals surface area (Å²) in [4.78, 5) is 13.5. The maximum absolute atomic E-state index is 11.4. The number of rotatable bonds is 10. The lowest BCUT2D eigenvalue weighted by atomic mass is 9.81. The van der Waals surface area contributed by atoms with Gasteiger partial charge in [-0.05, 0) is 38.0 Å². The van der Waals surface area contributed by atoms with E-state index >= 15 is 0 Å². The summed E-state index contributed by atoms with van der Waals surface area (Å²) >= 11 is 0. The number of likely N-dealkylation sites (tertiary alicyclic amines) is 1. The van der Waals surface area contributed by atoms with E-state index in [-0.39, 0.29) is 18.8 Å². The van der Waals surface area contributed by atoms with Crippen molar-refractivity contribution in [3.63, 3.8) is 0 Å². The van der Waals surface area contributed by atoms with Crippen molar-refractivity contribution in [1.82, 2.24) is 4.90 Å². The van der Waals surface area contributed by atoms with Crippen LogP contribution in [-0.2, 0) is 4.79 Å². The molecule has 6 N–H and O–H groups in total. The van der Waals surface area contributed by atoms with Crippen LogP contribution in [0.2, 0.25) is 6.32 Å². The molecular formula is C13H27BN2O5. The van der Waals surface area contributed by atoms with E-state index in [0.29, 0.717) is 32.2 Å². The molecule has 0 aliphatic carbocycles. The summed E-state index contributed by atoms with van der Waals surface area (Å²) in [5.41, 5.74) is 4.74. The van der Waals surface area contributed by atoms with Gasteiger partial charge in [0.25, 0.3) is 0 Å². The van der Waals surface area contributed by atoms with E-state index in [0.717, 1.165) is 19.5 Å². The molecule has 21 heavy (non-hydrogen) atoms. The highest BCUT2D eigenvalue weighted by Gasteiger charge is 2.34. The first-order chi connectivity index (χ1) is 9.87. The Morgan fingerprint density at radius 2 is 2.05 bits per heavy atom. The van der Waals surface area contributed by atoms with Gasteiger partial charge in [0, 0.05) is 19.7 Å². The van der Waals surface area contributed by atoms with E-state index in [9.17, 15) is 9.90 Å². The molecule has 1 aliphatic heterocycles. The molecule has 2 atom stereocenters. The monoisotopic (exact) mass is 302 g/mol. The molecular weight excluding hydrogens is 275 g/mol. The molecule has 1 unspecified atom stereocenters. The van der Waals surface area contributed by atoms with Crippen LogP contribution in [0.1, 0.15) is 32.1 Å². The number of nitrogens with two attached hydrogens (primary N) is 1. The van der Waals surface area contributed by atoms with Gasteiger partial charge in [-0.1, -0.05) is 12.8 Å². The van der Waals surface area contributed by atoms with Gasteiger partial charge in [-0.3, -0.25) is 4.79 Å². The minimum absolute atomic E-state index is 0.173. The lowest BCUT2D eigenvalue weighted by Crippen LogP contribution is -2.50. The average molecular weight is 302 g/mol. The molecule has 1 fully saturated rings. The molecule has 0 saturated carbocycles. The molecule has 0 spiro atoms. The SMILES string of the molecule is NC(CCCCB(O)O)(CCN1CC[C@@H](CO)C1)C(=O)O. The van der Waals surface area contributed by atoms with Crippen LogP contribution in [0.3, 0.4) is 0 Å². The first-order valence-electron chi connectivity index (χ1n) is 7.59. The van der Waals surface area contributed by atoms with Crippen LogP contribution >= 0.6 is 0 Å². The van der Waals surface area contributed by atoms with Crippen LogP contribution in [-0.4, -0.2) is 70.0 Å². The second-order valence-corrected chi connectivity index (χ2v) is 6.08. The van der Waals surface area contributed by atoms with Crippen LogP contribution in [0.5, 0.6) is 0 Å². The topological polar surface area (TPSA) is 127 Å². The molecule has 1 saturated heterocycles. The number of nitrogens with zero attached hydrogens (tertiary/aromatic N) is 1. The summed E-state index contributed by atoms with van der Waals surface area (Å²) in [6, 6.07) is 0. The van der Waals surface area contributed by atoms with Crippen molar-refractivity contribution in [1.29, 1.82) is 0 Å². The number of carboxylic acid groups (broad SMARTS) is 1. The Balaban J connectivity index is 2.36. The lowest BCUT2D eigenvalue weighted by Gasteiger charge is -2.27. The van der Waals surface area contributed by atoms with Crippen molar-refractivity contribution in [3.05, 3.63) is 0 Å². The molecule has 0 amide bonds. The van der Waals surface area contributed by atoms with Crippen molar-refractivity contribution in [2.75, 3.05) is 26.2 Å². The Hall–Kier alpha value is -0.665. The Kier molecular flexibility index (Phi) is 7.62. The van der Waals surface area contributed by atoms with Gasteiger partial charge in [0.05, 0.1) is 0 Å². The minimum atomic E-state index is -1.35. The molecule has 1 aliphatic rings. The predicted octanol–water partition coefficient (Wildman–Crippen LogP) is -0.884. The molecule has 0 aromatic heterocycles. The number of carboxylic acids is 1. The zero-order chi connectivity index (χ0) is 15.9. The summed E-state index contributed by atoms with van der Waals surface area (Å²) in [7, 11) is -1.35. The van der Waals surface area contributed by atoms with Crippen LogP contribution < -0.4 is 5.73 Å². The van der Waals surface area contributed by atoms with E-state index < -0.39 is 18.6 Å². The van der Waals surface area contributed by atoms with E-state index in [1.165, 1.54) is 0 Å². The number of carbonyl (C=O) groups is 1. The second-order valence-electron chi connectivity index (χ2n) is 6.08. The number of unbranched alkanes of at least 4 members (excludes halogenated alkanes) is 1. The maximum atomic E-state index is 11.4. The van der Waals surface area contributed by atoms with Crippen LogP contribution in [0.4, 0.5) is 0 Å². The third kappa shape index (κ3) is 6.31. The Morgan fingerprint density at radius 3 is 2.57 bits per heavy atom. The van der Waals surface area contributed by atoms with Gasteiger partial charge in [0.1, 0.15) is 5.54 Å². The first kappa shape index (κ1) is 18.4. The number of hydrogen-bond acceptors (Lipinski definition) is 6. The highest BCUT2D eigenvalue weighted by molar-refractivity contribution is 6.40. The molecule has 0 aromatic rings. The van der Waals surface area contributed by atoms with E-state index in [1.807, 2.05) is 0 Å². The normalized spacial score (nSPS) is 22.2. The number of aliphatic hydroxyl groups excluding tert-OH is 1. The molecule has 8 heteroatoms. The second kappa shape index (κ2) is 8.70. The van der Waals surface area contributed by atoms with Crippen LogP contribution in [0.25, 0.3) is 0 Å². The van der Waals surface area contributed by atoms with E-state index in [4.69, 9.17) is 20.9 Å². The van der Waals surface area contributed by atoms with Crippen molar-refractivity contribution in [2.45, 2.75) is 44.0 Å². The quantitative estimate of drug-likeness (QED) is 0.262. The Bertz CT molecular complexity index is 332. The zero-order valence-electron chi connectivity index (χ0n) is 12.4. The van der Waals surface area contributed by atoms with Gasteiger partial charge in [0.15, 0.2) is 0 Å². The molecule has 0 radical (unpaired) electrons. The van der Waals surface area contributed by atoms with Gasteiger partial charge in [0.2, 0.25) is 0 Å². The fourth-order valence-electron chi connectivity index (χ4n) is 2.73. The number of aliphatic carboxylic acids is 1. The van der Waals surface area contributed by atoms with Gasteiger partial charge in [-0.25, -0.2) is 0 Å². The summed E-state index contributed by atoms with van der Waals surface area (Å²) in [6.45, 7) is 2.45. The first-order valence-corrected chi connectivity index (χ1v) is 7.59. The van der Waals surface area contributed by atoms with Gasteiger partial charge in [-0.2, -0.15) is 0 Å². The summed E-state index contributed by atoms with van der Waals surface area (Å²) < 4.78 is 0. The summed E-state index contributed by atoms with van der Waals surface area (Å²) in [5.74, 6) is -0.724. The molecule has 1 rings (SSSR count). The summed E-state index contributed by atoms with van der Waals surface area (Å²) in [6.07, 6.45) is 2.96. The largest absolute Gasteiger partial charge is 0.480 e. The molecule has 122 valence electrons. The third-order valence-corrected chi connectivity index (χ3v) is 4.26. The van der Waals surface area contributed by atoms with Crippen molar-refractivity contribution < 1.29 is 25.1 Å². The Labute approximate surface area is 125 Å². The van der Waals surface area contributed by atoms with Crippen LogP contribution in [0, 0.1) is 5.92 Å². The minimum Gasteiger partial charge on any atom is -0.480 e. The third-order valence-electron chi connectivity index (χ3n) is 4.26. The maximum Gasteiger partial charge on any atom is 0.451 e. The van der Waals surface area contributed by atoms with Gasteiger partial charge < -0.3 is 30.9 Å². The lowest BCUT2D eigenvalue weighted by molar-refractivity contribution is -0.144. The van der Waals surface area contributed by atoms with Crippen LogP contribution in [0.15, 0.2) is 0 Å². The van der Waals surface area contributed by atoms with E-state index in [2.05, 4.69) is 4.90 Å². The number of hydrogen-bond donors (Lipinski definition) is 5. The smallest absolute Gasteiger partial charge is 0.451 e. The average Bonchev–Trinajstić information content (AvgIpc) is 2.89. The molecule has 0 bridgehead atoms. The fourth-order valence-corrected chi connectivity index (χ4v) is 2.73. The zero-order valence-corrected chi connectivity index (χ0v) is 12.4. The molecule has 7 nitrogen and oxygen atoms in total.